The van der Waals surface area contributed by atoms with Crippen LogP contribution in [0, 0.1) is 18.2 Å². The molecule has 0 spiro atoms. The van der Waals surface area contributed by atoms with Crippen LogP contribution in [0.2, 0.25) is 0 Å². The molecule has 3 rings (SSSR count). The van der Waals surface area contributed by atoms with E-state index in [9.17, 15) is 0 Å². The normalized spacial score (nSPS) is 13.2. The maximum absolute atomic E-state index is 3.30. The van der Waals surface area contributed by atoms with Crippen molar-refractivity contribution in [2.45, 2.75) is 65.2 Å². The van der Waals surface area contributed by atoms with Crippen LogP contribution in [0.4, 0.5) is 0 Å². The van der Waals surface area contributed by atoms with Crippen LogP contribution in [0.3, 0.4) is 0 Å². The smallest absolute Gasteiger partial charge is 1.00 e. The van der Waals surface area contributed by atoms with Gasteiger partial charge in [-0.25, -0.2) is 23.3 Å². The van der Waals surface area contributed by atoms with Crippen molar-refractivity contribution in [3.8, 4) is 0 Å². The zero-order valence-electron chi connectivity index (χ0n) is 16.2. The first kappa shape index (κ1) is 27.6. The molecule has 0 nitrogen and oxygen atoms in total. The fourth-order valence-electron chi connectivity index (χ4n) is 2.32. The Morgan fingerprint density at radius 3 is 1.46 bits per heavy atom. The Morgan fingerprint density at radius 2 is 1.23 bits per heavy atom. The number of hydrogen-bond donors (Lipinski definition) is 0. The van der Waals surface area contributed by atoms with Crippen molar-refractivity contribution >= 4 is 0 Å². The molecule has 0 N–H and O–H groups in total. The van der Waals surface area contributed by atoms with Gasteiger partial charge in [-0.2, -0.15) is 48.6 Å². The fourth-order valence-corrected chi connectivity index (χ4v) is 2.32. The number of halogens is 1. The molecule has 0 fully saturated rings. The Hall–Kier alpha value is -0.647. The number of benzene rings is 1. The molecule has 0 heterocycles. The summed E-state index contributed by atoms with van der Waals surface area (Å²) in [5, 5.41) is 0. The molecule has 1 aromatic rings. The summed E-state index contributed by atoms with van der Waals surface area (Å²) in [6, 6.07) is 12.5. The molecule has 2 aliphatic rings. The molecule has 26 heavy (non-hydrogen) atoms. The Bertz CT molecular complexity index is 466. The van der Waals surface area contributed by atoms with Crippen molar-refractivity contribution in [2.75, 3.05) is 0 Å². The molecule has 0 radical (unpaired) electrons. The Kier molecular flexibility index (Phi) is 21.9. The number of rotatable bonds is 6. The van der Waals surface area contributed by atoms with E-state index >= 15 is 0 Å². The summed E-state index contributed by atoms with van der Waals surface area (Å²) in [6.45, 7) is 4.44. The fraction of sp³-hybridized carbons (Fsp3) is 0.417. The minimum atomic E-state index is 0. The van der Waals surface area contributed by atoms with Gasteiger partial charge in [-0.1, -0.05) is 52.4 Å². The first-order valence-electron chi connectivity index (χ1n) is 9.30. The second-order valence-electron chi connectivity index (χ2n) is 5.90. The quantitative estimate of drug-likeness (QED) is 0.575. The molecular weight excluding hydrogens is 415 g/mol. The van der Waals surface area contributed by atoms with Crippen molar-refractivity contribution in [1.82, 2.24) is 0 Å². The van der Waals surface area contributed by atoms with E-state index in [1.165, 1.54) is 49.7 Å². The summed E-state index contributed by atoms with van der Waals surface area (Å²) in [7, 11) is 0. The molecule has 0 aliphatic heterocycles. The van der Waals surface area contributed by atoms with Crippen LogP contribution in [0.25, 0.3) is 0 Å². The van der Waals surface area contributed by atoms with E-state index in [0.717, 1.165) is 12.8 Å². The average Bonchev–Trinajstić information content (AvgIpc) is 3.34. The van der Waals surface area contributed by atoms with Crippen molar-refractivity contribution in [3.05, 3.63) is 84.0 Å². The molecule has 0 atom stereocenters. The second kappa shape index (κ2) is 20.7. The Labute approximate surface area is 187 Å². The minimum absolute atomic E-state index is 0. The summed E-state index contributed by atoms with van der Waals surface area (Å²) in [5.41, 5.74) is 2.83. The molecule has 0 aromatic heterocycles. The van der Waals surface area contributed by atoms with Gasteiger partial charge >= 0.3 is 26.2 Å². The standard InChI is InChI=1S/2C9H13.C6H5.ClH.Zr/c2*1-2-3-6-9-7-4-5-8-9;1-2-4-6-5-3-1;;/h2*4,7H,2-3,5-6H2,1H3;1-5H;1H;/q3*-1;;+4/p-1. The molecule has 0 amide bonds. The first-order chi connectivity index (χ1) is 11.9. The van der Waals surface area contributed by atoms with Crippen molar-refractivity contribution in [3.63, 3.8) is 0 Å². The average molecular weight is 446 g/mol. The third kappa shape index (κ3) is 15.6. The van der Waals surface area contributed by atoms with Gasteiger partial charge in [0.05, 0.1) is 0 Å². The molecule has 0 bridgehead atoms. The maximum Gasteiger partial charge on any atom is 4.00 e. The van der Waals surface area contributed by atoms with E-state index in [4.69, 9.17) is 0 Å². The van der Waals surface area contributed by atoms with Gasteiger partial charge in [-0.15, -0.1) is 12.8 Å². The monoisotopic (exact) mass is 444 g/mol. The van der Waals surface area contributed by atoms with Gasteiger partial charge in [-0.05, 0) is 0 Å². The van der Waals surface area contributed by atoms with E-state index in [1.807, 2.05) is 30.3 Å². The van der Waals surface area contributed by atoms with Gasteiger partial charge in [0, 0.05) is 0 Å². The van der Waals surface area contributed by atoms with Crippen LogP contribution in [0.15, 0.2) is 65.8 Å². The van der Waals surface area contributed by atoms with Crippen molar-refractivity contribution in [1.29, 1.82) is 0 Å². The summed E-state index contributed by atoms with van der Waals surface area (Å²) < 4.78 is 0. The van der Waals surface area contributed by atoms with Crippen LogP contribution in [-0.2, 0) is 26.2 Å². The van der Waals surface area contributed by atoms with Crippen LogP contribution in [0.1, 0.15) is 65.2 Å². The van der Waals surface area contributed by atoms with E-state index in [1.54, 1.807) is 0 Å². The Morgan fingerprint density at radius 1 is 0.769 bits per heavy atom. The number of unbranched alkanes of at least 4 members (excludes halogenated alkanes) is 2. The van der Waals surface area contributed by atoms with Gasteiger partial charge in [0.1, 0.15) is 0 Å². The molecule has 138 valence electrons. The molecule has 2 heteroatoms. The molecular formula is C24H31ClZr. The van der Waals surface area contributed by atoms with E-state index in [-0.39, 0.29) is 38.6 Å². The van der Waals surface area contributed by atoms with E-state index in [0.29, 0.717) is 0 Å². The van der Waals surface area contributed by atoms with Gasteiger partial charge in [0.2, 0.25) is 0 Å². The molecule has 1 aromatic carbocycles. The second-order valence-corrected chi connectivity index (χ2v) is 5.90. The third-order valence-corrected chi connectivity index (χ3v) is 3.74. The topological polar surface area (TPSA) is 0 Å². The molecule has 0 saturated carbocycles. The minimum Gasteiger partial charge on any atom is -1.00 e. The van der Waals surface area contributed by atoms with E-state index in [2.05, 4.69) is 56.4 Å². The van der Waals surface area contributed by atoms with Gasteiger partial charge < -0.3 is 12.4 Å². The molecule has 0 saturated heterocycles. The van der Waals surface area contributed by atoms with Gasteiger partial charge in [-0.3, -0.25) is 12.2 Å². The largest absolute Gasteiger partial charge is 4.00 e. The Balaban J connectivity index is 0. The first-order valence-corrected chi connectivity index (χ1v) is 9.30. The summed E-state index contributed by atoms with van der Waals surface area (Å²) in [5.74, 6) is 0. The van der Waals surface area contributed by atoms with E-state index < -0.39 is 0 Å². The van der Waals surface area contributed by atoms with Crippen molar-refractivity contribution < 1.29 is 38.6 Å². The van der Waals surface area contributed by atoms with Crippen LogP contribution < -0.4 is 12.4 Å². The van der Waals surface area contributed by atoms with Gasteiger partial charge in [0.15, 0.2) is 0 Å². The predicted molar refractivity (Wildman–Crippen MR) is 105 cm³/mol. The molecule has 0 unspecified atom stereocenters. The summed E-state index contributed by atoms with van der Waals surface area (Å²) in [6.07, 6.45) is 25.1. The van der Waals surface area contributed by atoms with Crippen LogP contribution >= 0.6 is 0 Å². The SMILES string of the molecule is CCCCC1=[C-]CC=C1.CCCCC1=[C-]CC=C1.[Cl-].[Zr+4].[c-]1ccccc1. The maximum atomic E-state index is 3.30. The zero-order valence-corrected chi connectivity index (χ0v) is 19.4. The van der Waals surface area contributed by atoms with Crippen molar-refractivity contribution in [2.24, 2.45) is 0 Å². The predicted octanol–water partition coefficient (Wildman–Crippen LogP) is 4.22. The van der Waals surface area contributed by atoms with Crippen LogP contribution in [0.5, 0.6) is 0 Å². The zero-order chi connectivity index (χ0) is 17.3. The van der Waals surface area contributed by atoms with Crippen LogP contribution in [-0.4, -0.2) is 0 Å². The molecule has 2 aliphatic carbocycles. The summed E-state index contributed by atoms with van der Waals surface area (Å²) >= 11 is 0. The number of hydrogen-bond acceptors (Lipinski definition) is 0. The summed E-state index contributed by atoms with van der Waals surface area (Å²) in [4.78, 5) is 0. The third-order valence-electron chi connectivity index (χ3n) is 3.74. The number of allylic oxidation sites excluding steroid dienone is 8. The van der Waals surface area contributed by atoms with Gasteiger partial charge in [0.25, 0.3) is 0 Å².